The van der Waals surface area contributed by atoms with Crippen LogP contribution in [-0.4, -0.2) is 14.7 Å². The Kier molecular flexibility index (Phi) is 2.65. The zero-order chi connectivity index (χ0) is 9.97. The molecule has 2 heterocycles. The van der Waals surface area contributed by atoms with Crippen molar-refractivity contribution in [2.24, 2.45) is 0 Å². The summed E-state index contributed by atoms with van der Waals surface area (Å²) in [5, 5.41) is 12.0. The Labute approximate surface area is 86.7 Å². The van der Waals surface area contributed by atoms with E-state index in [2.05, 4.69) is 4.98 Å². The summed E-state index contributed by atoms with van der Waals surface area (Å²) in [7, 11) is 0. The lowest BCUT2D eigenvalue weighted by Crippen LogP contribution is -1.95. The lowest BCUT2D eigenvalue weighted by atomic mass is 10.4. The smallest absolute Gasteiger partial charge is 0.113 e. The van der Waals surface area contributed by atoms with Crippen molar-refractivity contribution in [1.82, 2.24) is 9.55 Å². The van der Waals surface area contributed by atoms with Crippen LogP contribution < -0.4 is 0 Å². The van der Waals surface area contributed by atoms with Gasteiger partial charge < -0.3 is 9.67 Å². The Morgan fingerprint density at radius 2 is 2.43 bits per heavy atom. The number of aliphatic hydroxyl groups excluding tert-OH is 1. The molecule has 0 bridgehead atoms. The second-order valence-electron chi connectivity index (χ2n) is 3.23. The molecule has 74 valence electrons. The van der Waals surface area contributed by atoms with Crippen molar-refractivity contribution in [2.75, 3.05) is 0 Å². The van der Waals surface area contributed by atoms with Crippen LogP contribution in [0, 0.1) is 6.92 Å². The molecule has 0 unspecified atom stereocenters. The first kappa shape index (κ1) is 9.43. The zero-order valence-corrected chi connectivity index (χ0v) is 8.79. The van der Waals surface area contributed by atoms with Crippen molar-refractivity contribution >= 4 is 11.3 Å². The van der Waals surface area contributed by atoms with Crippen LogP contribution in [0.3, 0.4) is 0 Å². The van der Waals surface area contributed by atoms with Crippen LogP contribution in [0.15, 0.2) is 23.8 Å². The number of thiazole rings is 1. The molecule has 0 saturated carbocycles. The maximum atomic E-state index is 8.89. The predicted molar refractivity (Wildman–Crippen MR) is 56.3 cm³/mol. The van der Waals surface area contributed by atoms with E-state index >= 15 is 0 Å². The van der Waals surface area contributed by atoms with Gasteiger partial charge >= 0.3 is 0 Å². The highest BCUT2D eigenvalue weighted by Gasteiger charge is 2.00. The van der Waals surface area contributed by atoms with Gasteiger partial charge in [0.1, 0.15) is 5.01 Å². The van der Waals surface area contributed by atoms with Crippen LogP contribution in [0.1, 0.15) is 16.3 Å². The summed E-state index contributed by atoms with van der Waals surface area (Å²) in [6.45, 7) is 2.89. The van der Waals surface area contributed by atoms with Gasteiger partial charge in [0, 0.05) is 23.5 Å². The fourth-order valence-corrected chi connectivity index (χ4v) is 2.09. The molecule has 3 nitrogen and oxygen atoms in total. The van der Waals surface area contributed by atoms with Gasteiger partial charge in [-0.25, -0.2) is 4.98 Å². The molecule has 0 radical (unpaired) electrons. The number of aryl methyl sites for hydroxylation is 1. The second-order valence-corrected chi connectivity index (χ2v) is 4.18. The molecule has 0 aliphatic rings. The summed E-state index contributed by atoms with van der Waals surface area (Å²) in [4.78, 5) is 4.38. The number of hydrogen-bond acceptors (Lipinski definition) is 3. The molecule has 2 rings (SSSR count). The van der Waals surface area contributed by atoms with Gasteiger partial charge in [-0.05, 0) is 18.6 Å². The average molecular weight is 208 g/mol. The second kappa shape index (κ2) is 3.94. The van der Waals surface area contributed by atoms with Crippen LogP contribution in [0.4, 0.5) is 0 Å². The Bertz CT molecular complexity index is 419. The number of aliphatic hydroxyl groups is 1. The maximum Gasteiger partial charge on any atom is 0.113 e. The Morgan fingerprint density at radius 1 is 1.57 bits per heavy atom. The number of nitrogens with zero attached hydrogens (tertiary/aromatic N) is 2. The molecular weight excluding hydrogens is 196 g/mol. The van der Waals surface area contributed by atoms with Crippen molar-refractivity contribution in [3.8, 4) is 0 Å². The molecule has 0 spiro atoms. The third-order valence-electron chi connectivity index (χ3n) is 1.98. The monoisotopic (exact) mass is 208 g/mol. The minimum atomic E-state index is 0.101. The summed E-state index contributed by atoms with van der Waals surface area (Å²) < 4.78 is 2.03. The van der Waals surface area contributed by atoms with Gasteiger partial charge in [0.05, 0.1) is 13.2 Å². The summed E-state index contributed by atoms with van der Waals surface area (Å²) in [6, 6.07) is 1.92. The van der Waals surface area contributed by atoms with Crippen molar-refractivity contribution in [2.45, 2.75) is 20.1 Å². The molecule has 0 fully saturated rings. The van der Waals surface area contributed by atoms with Crippen LogP contribution in [0.25, 0.3) is 0 Å². The third kappa shape index (κ3) is 2.02. The predicted octanol–water partition coefficient (Wildman–Crippen LogP) is 1.79. The molecule has 1 N–H and O–H groups in total. The van der Waals surface area contributed by atoms with Gasteiger partial charge in [-0.3, -0.25) is 0 Å². The largest absolute Gasteiger partial charge is 0.392 e. The Balaban J connectivity index is 2.10. The standard InChI is InChI=1S/C10H12N2OS/c1-8-7-14-10(11-8)5-12-3-2-9(4-12)6-13/h2-4,7,13H,5-6H2,1H3. The van der Waals surface area contributed by atoms with E-state index in [0.717, 1.165) is 22.8 Å². The van der Waals surface area contributed by atoms with Crippen LogP contribution in [0.5, 0.6) is 0 Å². The minimum absolute atomic E-state index is 0.101. The number of aromatic nitrogens is 2. The lowest BCUT2D eigenvalue weighted by molar-refractivity contribution is 0.282. The molecule has 2 aromatic rings. The van der Waals surface area contributed by atoms with Crippen molar-refractivity contribution in [1.29, 1.82) is 0 Å². The van der Waals surface area contributed by atoms with E-state index in [1.54, 1.807) is 11.3 Å². The number of rotatable bonds is 3. The SMILES string of the molecule is Cc1csc(Cn2ccc(CO)c2)n1. The topological polar surface area (TPSA) is 38.0 Å². The van der Waals surface area contributed by atoms with E-state index in [1.807, 2.05) is 35.3 Å². The van der Waals surface area contributed by atoms with Gasteiger partial charge in [-0.1, -0.05) is 0 Å². The summed E-state index contributed by atoms with van der Waals surface area (Å²) in [5.74, 6) is 0. The molecule has 0 aromatic carbocycles. The fraction of sp³-hybridized carbons (Fsp3) is 0.300. The van der Waals surface area contributed by atoms with Crippen LogP contribution >= 0.6 is 11.3 Å². The third-order valence-corrected chi connectivity index (χ3v) is 2.93. The van der Waals surface area contributed by atoms with E-state index in [4.69, 9.17) is 5.11 Å². The Hall–Kier alpha value is -1.13. The van der Waals surface area contributed by atoms with E-state index < -0.39 is 0 Å². The molecule has 4 heteroatoms. The average Bonchev–Trinajstić information content (AvgIpc) is 2.76. The quantitative estimate of drug-likeness (QED) is 0.835. The molecule has 0 aliphatic heterocycles. The van der Waals surface area contributed by atoms with Crippen molar-refractivity contribution < 1.29 is 5.11 Å². The van der Waals surface area contributed by atoms with E-state index in [1.165, 1.54) is 0 Å². The molecule has 0 aliphatic carbocycles. The molecule has 2 aromatic heterocycles. The van der Waals surface area contributed by atoms with Gasteiger partial charge in [0.25, 0.3) is 0 Å². The zero-order valence-electron chi connectivity index (χ0n) is 7.97. The first-order chi connectivity index (χ1) is 6.78. The summed E-state index contributed by atoms with van der Waals surface area (Å²) in [5.41, 5.74) is 2.01. The molecular formula is C10H12N2OS. The molecule has 14 heavy (non-hydrogen) atoms. The Morgan fingerprint density at radius 3 is 3.00 bits per heavy atom. The van der Waals surface area contributed by atoms with Crippen LogP contribution in [-0.2, 0) is 13.2 Å². The van der Waals surface area contributed by atoms with Crippen molar-refractivity contribution in [3.63, 3.8) is 0 Å². The van der Waals surface area contributed by atoms with Crippen LogP contribution in [0.2, 0.25) is 0 Å². The molecule has 0 amide bonds. The minimum Gasteiger partial charge on any atom is -0.392 e. The normalized spacial score (nSPS) is 10.7. The summed E-state index contributed by atoms with van der Waals surface area (Å²) >= 11 is 1.67. The van der Waals surface area contributed by atoms with E-state index in [9.17, 15) is 0 Å². The fourth-order valence-electron chi connectivity index (χ4n) is 1.31. The first-order valence-corrected chi connectivity index (χ1v) is 5.32. The highest BCUT2D eigenvalue weighted by Crippen LogP contribution is 2.11. The van der Waals surface area contributed by atoms with Gasteiger partial charge in [-0.15, -0.1) is 11.3 Å². The van der Waals surface area contributed by atoms with Gasteiger partial charge in [-0.2, -0.15) is 0 Å². The highest BCUT2D eigenvalue weighted by molar-refractivity contribution is 7.09. The van der Waals surface area contributed by atoms with Gasteiger partial charge in [0.2, 0.25) is 0 Å². The molecule has 0 saturated heterocycles. The number of hydrogen-bond donors (Lipinski definition) is 1. The first-order valence-electron chi connectivity index (χ1n) is 4.44. The maximum absolute atomic E-state index is 8.89. The van der Waals surface area contributed by atoms with E-state index in [-0.39, 0.29) is 6.61 Å². The highest BCUT2D eigenvalue weighted by atomic mass is 32.1. The molecule has 0 atom stereocenters. The van der Waals surface area contributed by atoms with E-state index in [0.29, 0.717) is 0 Å². The van der Waals surface area contributed by atoms with Gasteiger partial charge in [0.15, 0.2) is 0 Å². The summed E-state index contributed by atoms with van der Waals surface area (Å²) in [6.07, 6.45) is 3.90. The lowest BCUT2D eigenvalue weighted by Gasteiger charge is -1.97. The van der Waals surface area contributed by atoms with Crippen molar-refractivity contribution in [3.05, 3.63) is 40.1 Å².